The minimum Gasteiger partial charge on any atom is -0.304 e. The molecule has 0 radical (unpaired) electrons. The molecule has 2 heteroatoms. The van der Waals surface area contributed by atoms with Gasteiger partial charge in [0.25, 0.3) is 0 Å². The van der Waals surface area contributed by atoms with E-state index in [0.717, 1.165) is 4.47 Å². The Hall–Kier alpha value is -1.12. The highest BCUT2D eigenvalue weighted by Gasteiger charge is 2.15. The Kier molecular flexibility index (Phi) is 5.23. The van der Waals surface area contributed by atoms with Crippen molar-refractivity contribution in [3.05, 3.63) is 68.7 Å². The third-order valence-corrected chi connectivity index (χ3v) is 4.94. The van der Waals surface area contributed by atoms with E-state index in [1.807, 2.05) is 0 Å². The largest absolute Gasteiger partial charge is 0.304 e. The summed E-state index contributed by atoms with van der Waals surface area (Å²) in [6.07, 6.45) is 0. The fourth-order valence-electron chi connectivity index (χ4n) is 2.83. The summed E-state index contributed by atoms with van der Waals surface area (Å²) in [6, 6.07) is 13.6. The monoisotopic (exact) mass is 345 g/mol. The molecule has 112 valence electrons. The van der Waals surface area contributed by atoms with Crippen molar-refractivity contribution in [2.45, 2.75) is 46.7 Å². The zero-order chi connectivity index (χ0) is 15.6. The average molecular weight is 346 g/mol. The van der Waals surface area contributed by atoms with E-state index in [9.17, 15) is 0 Å². The minimum absolute atomic E-state index is 0.302. The molecule has 0 amide bonds. The van der Waals surface area contributed by atoms with Crippen LogP contribution in [-0.2, 0) is 0 Å². The van der Waals surface area contributed by atoms with E-state index < -0.39 is 0 Å². The third-order valence-electron chi connectivity index (χ3n) is 4.22. The van der Waals surface area contributed by atoms with Gasteiger partial charge in [-0.3, -0.25) is 0 Å². The van der Waals surface area contributed by atoms with Gasteiger partial charge in [-0.15, -0.1) is 0 Å². The van der Waals surface area contributed by atoms with Crippen LogP contribution in [0.15, 0.2) is 40.9 Å². The van der Waals surface area contributed by atoms with Crippen molar-refractivity contribution in [3.8, 4) is 0 Å². The minimum atomic E-state index is 0.302. The van der Waals surface area contributed by atoms with E-state index >= 15 is 0 Å². The molecule has 1 unspecified atom stereocenters. The molecule has 0 bridgehead atoms. The lowest BCUT2D eigenvalue weighted by Crippen LogP contribution is -2.23. The number of nitrogens with one attached hydrogen (secondary N) is 1. The fourth-order valence-corrected chi connectivity index (χ4v) is 3.46. The van der Waals surface area contributed by atoms with Crippen LogP contribution in [0.3, 0.4) is 0 Å². The van der Waals surface area contributed by atoms with Gasteiger partial charge in [-0.05, 0) is 68.5 Å². The molecule has 21 heavy (non-hydrogen) atoms. The maximum Gasteiger partial charge on any atom is 0.0308 e. The molecule has 2 aromatic rings. The van der Waals surface area contributed by atoms with Crippen LogP contribution in [0.5, 0.6) is 0 Å². The Labute approximate surface area is 136 Å². The second kappa shape index (κ2) is 6.76. The first-order valence-electron chi connectivity index (χ1n) is 7.48. The molecule has 0 aromatic heterocycles. The number of halogens is 1. The van der Waals surface area contributed by atoms with Gasteiger partial charge < -0.3 is 5.32 Å². The molecule has 1 nitrogen and oxygen atoms in total. The summed E-state index contributed by atoms with van der Waals surface area (Å²) >= 11 is 3.64. The molecule has 2 aromatic carbocycles. The van der Waals surface area contributed by atoms with Gasteiger partial charge >= 0.3 is 0 Å². The van der Waals surface area contributed by atoms with Gasteiger partial charge in [-0.25, -0.2) is 0 Å². The summed E-state index contributed by atoms with van der Waals surface area (Å²) < 4.78 is 1.16. The van der Waals surface area contributed by atoms with Crippen LogP contribution in [-0.4, -0.2) is 0 Å². The van der Waals surface area contributed by atoms with Gasteiger partial charge in [0.1, 0.15) is 0 Å². The molecule has 2 atom stereocenters. The highest BCUT2D eigenvalue weighted by atomic mass is 79.9. The number of aryl methyl sites for hydroxylation is 3. The highest BCUT2D eigenvalue weighted by molar-refractivity contribution is 9.10. The van der Waals surface area contributed by atoms with E-state index in [0.29, 0.717) is 12.1 Å². The first-order valence-corrected chi connectivity index (χ1v) is 8.27. The number of benzene rings is 2. The van der Waals surface area contributed by atoms with E-state index in [1.54, 1.807) is 0 Å². The summed E-state index contributed by atoms with van der Waals surface area (Å²) in [5.41, 5.74) is 6.76. The fraction of sp³-hybridized carbons (Fsp3) is 0.368. The highest BCUT2D eigenvalue weighted by Crippen LogP contribution is 2.27. The molecule has 0 aliphatic carbocycles. The Morgan fingerprint density at radius 3 is 2.05 bits per heavy atom. The summed E-state index contributed by atoms with van der Waals surface area (Å²) in [5.74, 6) is 0. The molecule has 0 spiro atoms. The van der Waals surface area contributed by atoms with Crippen molar-refractivity contribution in [2.24, 2.45) is 0 Å². The SMILES string of the molecule is Cc1cc(C)c(C(C)N[C@@H](C)c2ccccc2Br)cc1C. The van der Waals surface area contributed by atoms with Crippen LogP contribution in [0.1, 0.15) is 53.7 Å². The van der Waals surface area contributed by atoms with Crippen molar-refractivity contribution in [1.29, 1.82) is 0 Å². The molecule has 0 saturated carbocycles. The van der Waals surface area contributed by atoms with E-state index in [4.69, 9.17) is 0 Å². The van der Waals surface area contributed by atoms with Gasteiger partial charge in [-0.1, -0.05) is 46.3 Å². The predicted octanol–water partition coefficient (Wildman–Crippen LogP) is 5.79. The average Bonchev–Trinajstić information content (AvgIpc) is 2.43. The van der Waals surface area contributed by atoms with Crippen LogP contribution in [0, 0.1) is 20.8 Å². The number of hydrogen-bond donors (Lipinski definition) is 1. The van der Waals surface area contributed by atoms with Gasteiger partial charge in [0.2, 0.25) is 0 Å². The zero-order valence-electron chi connectivity index (χ0n) is 13.5. The van der Waals surface area contributed by atoms with E-state index in [2.05, 4.69) is 92.3 Å². The molecule has 2 rings (SSSR count). The van der Waals surface area contributed by atoms with Crippen molar-refractivity contribution >= 4 is 15.9 Å². The lowest BCUT2D eigenvalue weighted by molar-refractivity contribution is 0.492. The van der Waals surface area contributed by atoms with Gasteiger partial charge in [0.05, 0.1) is 0 Å². The van der Waals surface area contributed by atoms with Crippen LogP contribution in [0.2, 0.25) is 0 Å². The first kappa shape index (κ1) is 16.3. The molecule has 0 heterocycles. The summed E-state index contributed by atoms with van der Waals surface area (Å²) in [7, 11) is 0. The second-order valence-corrected chi connectivity index (χ2v) is 6.78. The topological polar surface area (TPSA) is 12.0 Å². The Bertz CT molecular complexity index is 633. The quantitative estimate of drug-likeness (QED) is 0.739. The summed E-state index contributed by atoms with van der Waals surface area (Å²) in [6.45, 7) is 11.0. The van der Waals surface area contributed by atoms with Gasteiger partial charge in [0.15, 0.2) is 0 Å². The van der Waals surface area contributed by atoms with Crippen LogP contribution in [0.25, 0.3) is 0 Å². The zero-order valence-corrected chi connectivity index (χ0v) is 15.1. The number of hydrogen-bond acceptors (Lipinski definition) is 1. The molecule has 0 saturated heterocycles. The Balaban J connectivity index is 2.20. The van der Waals surface area contributed by atoms with Crippen molar-refractivity contribution in [3.63, 3.8) is 0 Å². The van der Waals surface area contributed by atoms with E-state index in [1.165, 1.54) is 27.8 Å². The standard InChI is InChI=1S/C19H24BrN/c1-12-10-14(3)18(11-13(12)2)16(5)21-15(4)17-8-6-7-9-19(17)20/h6-11,15-16,21H,1-5H3/t15-,16?/m0/s1. The molecular weight excluding hydrogens is 322 g/mol. The van der Waals surface area contributed by atoms with Crippen LogP contribution < -0.4 is 5.32 Å². The molecule has 0 aliphatic heterocycles. The molecule has 1 N–H and O–H groups in total. The lowest BCUT2D eigenvalue weighted by Gasteiger charge is -2.23. The Morgan fingerprint density at radius 1 is 0.810 bits per heavy atom. The second-order valence-electron chi connectivity index (χ2n) is 5.92. The maximum atomic E-state index is 3.71. The van der Waals surface area contributed by atoms with Crippen molar-refractivity contribution < 1.29 is 0 Å². The molecule has 0 fully saturated rings. The predicted molar refractivity (Wildman–Crippen MR) is 94.8 cm³/mol. The Morgan fingerprint density at radius 2 is 1.38 bits per heavy atom. The summed E-state index contributed by atoms with van der Waals surface area (Å²) in [5, 5.41) is 3.71. The molecule has 0 aliphatic rings. The smallest absolute Gasteiger partial charge is 0.0308 e. The van der Waals surface area contributed by atoms with Crippen LogP contribution >= 0.6 is 15.9 Å². The lowest BCUT2D eigenvalue weighted by atomic mass is 9.95. The maximum absolute atomic E-state index is 3.71. The normalized spacial score (nSPS) is 14.0. The number of rotatable bonds is 4. The van der Waals surface area contributed by atoms with E-state index in [-0.39, 0.29) is 0 Å². The van der Waals surface area contributed by atoms with Gasteiger partial charge in [-0.2, -0.15) is 0 Å². The first-order chi connectivity index (χ1) is 9.90. The van der Waals surface area contributed by atoms with Crippen molar-refractivity contribution in [1.82, 2.24) is 5.32 Å². The van der Waals surface area contributed by atoms with Crippen LogP contribution in [0.4, 0.5) is 0 Å². The third kappa shape index (κ3) is 3.75. The van der Waals surface area contributed by atoms with Gasteiger partial charge in [0, 0.05) is 16.6 Å². The van der Waals surface area contributed by atoms with Crippen molar-refractivity contribution in [2.75, 3.05) is 0 Å². The molecular formula is C19H24BrN. The summed E-state index contributed by atoms with van der Waals surface area (Å²) in [4.78, 5) is 0.